The number of nitrogens with one attached hydrogen (secondary N) is 2. The number of aliphatic hydroxyl groups is 2. The van der Waals surface area contributed by atoms with E-state index in [1.165, 1.54) is 0 Å². The molecule has 3 fully saturated rings. The van der Waals surface area contributed by atoms with Crippen molar-refractivity contribution in [1.29, 1.82) is 0 Å². The molecule has 1 heterocycles. The molecule has 0 unspecified atom stereocenters. The van der Waals surface area contributed by atoms with Gasteiger partial charge in [0.2, 0.25) is 0 Å². The third-order valence-electron chi connectivity index (χ3n) is 6.97. The van der Waals surface area contributed by atoms with Gasteiger partial charge in [-0.15, -0.1) is 0 Å². The van der Waals surface area contributed by atoms with Gasteiger partial charge in [0.1, 0.15) is 5.70 Å². The highest BCUT2D eigenvalue weighted by Gasteiger charge is 2.57. The predicted molar refractivity (Wildman–Crippen MR) is 93.3 cm³/mol. The van der Waals surface area contributed by atoms with Crippen LogP contribution in [0.3, 0.4) is 0 Å². The van der Waals surface area contributed by atoms with Gasteiger partial charge in [-0.25, -0.2) is 4.79 Å². The zero-order valence-corrected chi connectivity index (χ0v) is 15.0. The molecular weight excluding hydrogens is 320 g/mol. The van der Waals surface area contributed by atoms with E-state index in [-0.39, 0.29) is 23.9 Å². The van der Waals surface area contributed by atoms with E-state index in [0.29, 0.717) is 18.5 Å². The number of imide groups is 1. The van der Waals surface area contributed by atoms with E-state index < -0.39 is 23.5 Å². The standard InChI is InChI=1S/C19H28N2O4/c1-11-4-7-14-18(2,9-8-15(23)19(14,3)10-22)12(11)5-6-13-16(24)21-17(25)20-13/h6,12,14-15,22-23H,1,4-5,7-10H2,2-3H3,(H2,20,21,24,25)/b13-6-/t12-,14+,15-,18+,19+/m1/s1. The lowest BCUT2D eigenvalue weighted by Crippen LogP contribution is -2.57. The first-order chi connectivity index (χ1) is 11.7. The van der Waals surface area contributed by atoms with Gasteiger partial charge in [-0.1, -0.05) is 32.1 Å². The zero-order valence-electron chi connectivity index (χ0n) is 15.0. The minimum atomic E-state index is -0.516. The molecule has 2 aliphatic carbocycles. The summed E-state index contributed by atoms with van der Waals surface area (Å²) in [5.41, 5.74) is 0.835. The van der Waals surface area contributed by atoms with Gasteiger partial charge < -0.3 is 15.5 Å². The van der Waals surface area contributed by atoms with Gasteiger partial charge in [0, 0.05) is 5.41 Å². The molecule has 3 amide bonds. The SMILES string of the molecule is C=C1CC[C@@H]2[C@](C)(CO)[C@H](O)CC[C@@]2(C)[C@@H]1C/C=C1\NC(=O)NC1=O. The van der Waals surface area contributed by atoms with Crippen molar-refractivity contribution in [2.24, 2.45) is 22.7 Å². The van der Waals surface area contributed by atoms with E-state index in [1.54, 1.807) is 6.08 Å². The van der Waals surface area contributed by atoms with Crippen molar-refractivity contribution in [3.8, 4) is 0 Å². The molecule has 3 rings (SSSR count). The maximum Gasteiger partial charge on any atom is 0.326 e. The average Bonchev–Trinajstić information content (AvgIpc) is 2.88. The summed E-state index contributed by atoms with van der Waals surface area (Å²) in [4.78, 5) is 23.0. The summed E-state index contributed by atoms with van der Waals surface area (Å²) < 4.78 is 0. The van der Waals surface area contributed by atoms with E-state index >= 15 is 0 Å². The van der Waals surface area contributed by atoms with Crippen molar-refractivity contribution < 1.29 is 19.8 Å². The summed E-state index contributed by atoms with van der Waals surface area (Å²) in [5.74, 6) is -0.0514. The molecule has 138 valence electrons. The summed E-state index contributed by atoms with van der Waals surface area (Å²) in [6, 6.07) is -0.489. The molecular formula is C19H28N2O4. The summed E-state index contributed by atoms with van der Waals surface area (Å²) in [6.07, 6.45) is 5.18. The number of carbonyl (C=O) groups is 2. The van der Waals surface area contributed by atoms with Gasteiger partial charge in [-0.05, 0) is 49.4 Å². The predicted octanol–water partition coefficient (Wildman–Crippen LogP) is 1.84. The number of amides is 3. The third-order valence-corrected chi connectivity index (χ3v) is 6.97. The molecule has 0 bridgehead atoms. The molecule has 6 nitrogen and oxygen atoms in total. The second-order valence-corrected chi connectivity index (χ2v) is 8.29. The number of carbonyl (C=O) groups excluding carboxylic acids is 2. The Balaban J connectivity index is 1.88. The summed E-state index contributed by atoms with van der Waals surface area (Å²) in [5, 5.41) is 25.2. The van der Waals surface area contributed by atoms with Crippen molar-refractivity contribution in [2.75, 3.05) is 6.61 Å². The van der Waals surface area contributed by atoms with Crippen LogP contribution in [0.2, 0.25) is 0 Å². The van der Waals surface area contributed by atoms with E-state index in [0.717, 1.165) is 24.8 Å². The number of hydrogen-bond donors (Lipinski definition) is 4. The quantitative estimate of drug-likeness (QED) is 0.355. The molecule has 1 saturated heterocycles. The monoisotopic (exact) mass is 348 g/mol. The van der Waals surface area contributed by atoms with Crippen molar-refractivity contribution >= 4 is 11.9 Å². The number of fused-ring (bicyclic) bond motifs is 1. The first-order valence-corrected chi connectivity index (χ1v) is 9.01. The molecule has 3 aliphatic rings. The van der Waals surface area contributed by atoms with E-state index in [1.807, 2.05) is 6.92 Å². The fourth-order valence-electron chi connectivity index (χ4n) is 5.40. The van der Waals surface area contributed by atoms with Crippen molar-refractivity contribution in [1.82, 2.24) is 10.6 Å². The molecule has 5 atom stereocenters. The Kier molecular flexibility index (Phi) is 4.54. The van der Waals surface area contributed by atoms with Gasteiger partial charge in [0.25, 0.3) is 5.91 Å². The van der Waals surface area contributed by atoms with Crippen LogP contribution in [0.1, 0.15) is 46.0 Å². The van der Waals surface area contributed by atoms with Gasteiger partial charge >= 0.3 is 6.03 Å². The molecule has 2 saturated carbocycles. The van der Waals surface area contributed by atoms with Gasteiger partial charge in [-0.3, -0.25) is 10.1 Å². The molecule has 25 heavy (non-hydrogen) atoms. The first-order valence-electron chi connectivity index (χ1n) is 9.01. The Bertz CT molecular complexity index is 643. The third kappa shape index (κ3) is 2.81. The molecule has 0 aromatic rings. The zero-order chi connectivity index (χ0) is 18.4. The minimum absolute atomic E-state index is 0.0346. The Morgan fingerprint density at radius 1 is 1.28 bits per heavy atom. The second kappa shape index (κ2) is 6.25. The van der Waals surface area contributed by atoms with Crippen molar-refractivity contribution in [3.63, 3.8) is 0 Å². The van der Waals surface area contributed by atoms with Crippen LogP contribution in [0.15, 0.2) is 23.9 Å². The maximum absolute atomic E-state index is 11.7. The number of rotatable bonds is 3. The minimum Gasteiger partial charge on any atom is -0.396 e. The summed E-state index contributed by atoms with van der Waals surface area (Å²) >= 11 is 0. The molecule has 0 spiro atoms. The van der Waals surface area contributed by atoms with Gasteiger partial charge in [0.15, 0.2) is 0 Å². The van der Waals surface area contributed by atoms with Crippen LogP contribution >= 0.6 is 0 Å². The number of aliphatic hydroxyl groups excluding tert-OH is 2. The number of hydrogen-bond acceptors (Lipinski definition) is 4. The Hall–Kier alpha value is -1.66. The highest BCUT2D eigenvalue weighted by molar-refractivity contribution is 6.11. The molecule has 0 radical (unpaired) electrons. The lowest BCUT2D eigenvalue weighted by Gasteiger charge is -2.59. The van der Waals surface area contributed by atoms with Crippen LogP contribution in [0, 0.1) is 22.7 Å². The topological polar surface area (TPSA) is 98.7 Å². The van der Waals surface area contributed by atoms with Crippen LogP contribution in [0.4, 0.5) is 4.79 Å². The Morgan fingerprint density at radius 3 is 2.60 bits per heavy atom. The fourth-order valence-corrected chi connectivity index (χ4v) is 5.40. The van der Waals surface area contributed by atoms with Crippen LogP contribution in [0.5, 0.6) is 0 Å². The smallest absolute Gasteiger partial charge is 0.326 e. The molecule has 0 aromatic carbocycles. The number of allylic oxidation sites excluding steroid dienone is 2. The summed E-state index contributed by atoms with van der Waals surface area (Å²) in [7, 11) is 0. The van der Waals surface area contributed by atoms with E-state index in [4.69, 9.17) is 0 Å². The average molecular weight is 348 g/mol. The molecule has 0 aromatic heterocycles. The summed E-state index contributed by atoms with van der Waals surface area (Å²) in [6.45, 7) is 8.43. The van der Waals surface area contributed by atoms with Crippen LogP contribution in [-0.4, -0.2) is 34.9 Å². The molecule has 4 N–H and O–H groups in total. The van der Waals surface area contributed by atoms with E-state index in [2.05, 4.69) is 24.1 Å². The largest absolute Gasteiger partial charge is 0.396 e. The lowest BCUT2D eigenvalue weighted by atomic mass is 9.46. The Morgan fingerprint density at radius 2 is 2.00 bits per heavy atom. The van der Waals surface area contributed by atoms with Gasteiger partial charge in [0.05, 0.1) is 12.7 Å². The van der Waals surface area contributed by atoms with Crippen LogP contribution in [-0.2, 0) is 4.79 Å². The Labute approximate surface area is 148 Å². The van der Waals surface area contributed by atoms with Crippen LogP contribution < -0.4 is 10.6 Å². The fraction of sp³-hybridized carbons (Fsp3) is 0.684. The highest BCUT2D eigenvalue weighted by atomic mass is 16.3. The number of urea groups is 1. The maximum atomic E-state index is 11.7. The van der Waals surface area contributed by atoms with E-state index in [9.17, 15) is 19.8 Å². The molecule has 6 heteroatoms. The lowest BCUT2D eigenvalue weighted by molar-refractivity contribution is -0.151. The normalized spacial score (nSPS) is 43.0. The molecule has 1 aliphatic heterocycles. The highest BCUT2D eigenvalue weighted by Crippen LogP contribution is 2.61. The first kappa shape index (κ1) is 18.1. The van der Waals surface area contributed by atoms with Crippen LogP contribution in [0.25, 0.3) is 0 Å². The van der Waals surface area contributed by atoms with Crippen molar-refractivity contribution in [2.45, 2.75) is 52.1 Å². The van der Waals surface area contributed by atoms with Crippen molar-refractivity contribution in [3.05, 3.63) is 23.9 Å². The van der Waals surface area contributed by atoms with Gasteiger partial charge in [-0.2, -0.15) is 0 Å². The second-order valence-electron chi connectivity index (χ2n) is 8.29.